The van der Waals surface area contributed by atoms with Crippen molar-refractivity contribution in [3.8, 4) is 0 Å². The van der Waals surface area contributed by atoms with Gasteiger partial charge in [0.15, 0.2) is 26.8 Å². The van der Waals surface area contributed by atoms with Crippen molar-refractivity contribution in [3.05, 3.63) is 0 Å². The van der Waals surface area contributed by atoms with Gasteiger partial charge >= 0.3 is 41.8 Å². The molecule has 0 aliphatic carbocycles. The average molecular weight is 617 g/mol. The Morgan fingerprint density at radius 2 is 0.619 bits per heavy atom. The lowest BCUT2D eigenvalue weighted by Gasteiger charge is -2.00. The Balaban J connectivity index is -0.000000137. The van der Waals surface area contributed by atoms with Crippen LogP contribution in [-0.4, -0.2) is 102 Å². The van der Waals surface area contributed by atoms with E-state index in [0.29, 0.717) is 33.0 Å². The van der Waals surface area contributed by atoms with Gasteiger partial charge in [-0.2, -0.15) is 0 Å². The summed E-state index contributed by atoms with van der Waals surface area (Å²) in [5, 5.41) is 0. The summed E-state index contributed by atoms with van der Waals surface area (Å²) < 4.78 is 40.3. The fourth-order valence-electron chi connectivity index (χ4n) is 1.35. The second-order valence-corrected chi connectivity index (χ2v) is 6.59. The zero-order valence-electron chi connectivity index (χ0n) is 26.4. The molecule has 0 aromatic carbocycles. The van der Waals surface area contributed by atoms with E-state index in [0.717, 1.165) is 0 Å². The largest absolute Gasteiger partial charge is 0.466 e. The predicted molar refractivity (Wildman–Crippen MR) is 145 cm³/mol. The first-order valence-electron chi connectivity index (χ1n) is 12.8. The van der Waals surface area contributed by atoms with Gasteiger partial charge in [-0.25, -0.2) is 9.59 Å². The highest BCUT2D eigenvalue weighted by Gasteiger charge is 2.03. The van der Waals surface area contributed by atoms with Crippen LogP contribution in [0.4, 0.5) is 0 Å². The van der Waals surface area contributed by atoms with Crippen LogP contribution in [0.15, 0.2) is 0 Å². The number of rotatable bonds is 13. The molecule has 248 valence electrons. The minimum Gasteiger partial charge on any atom is -0.466 e. The molecule has 0 rings (SSSR count). The van der Waals surface area contributed by atoms with Crippen molar-refractivity contribution >= 4 is 41.8 Å². The molecule has 0 heterocycles. The molecule has 16 nitrogen and oxygen atoms in total. The van der Waals surface area contributed by atoms with Crippen molar-refractivity contribution in [2.24, 2.45) is 0 Å². The van der Waals surface area contributed by atoms with E-state index in [2.05, 4.69) is 33.2 Å². The summed E-state index contributed by atoms with van der Waals surface area (Å²) in [7, 11) is 0. The van der Waals surface area contributed by atoms with Crippen molar-refractivity contribution < 1.29 is 76.2 Å². The van der Waals surface area contributed by atoms with E-state index in [4.69, 9.17) is 9.47 Å². The van der Waals surface area contributed by atoms with Gasteiger partial charge in [0.1, 0.15) is 0 Å². The molecular formula is C26H48O16. The Morgan fingerprint density at radius 1 is 0.357 bits per heavy atom. The minimum absolute atomic E-state index is 0.0752. The third kappa shape index (κ3) is 70.6. The monoisotopic (exact) mass is 616 g/mol. The van der Waals surface area contributed by atoms with Gasteiger partial charge < -0.3 is 42.6 Å². The summed E-state index contributed by atoms with van der Waals surface area (Å²) in [5.41, 5.74) is 0. The Hall–Kier alpha value is -3.79. The highest BCUT2D eigenvalue weighted by Crippen LogP contribution is 1.82. The Kier molecular flexibility index (Phi) is 44.9. The number of hydrogen-bond acceptors (Lipinski definition) is 16. The standard InChI is InChI=1S/2C6H10O4.2C5H10O3.C4H8O2/c2*1-3-9-6(8)4-10-5(2)7;2*1-3-7-4-8-5(2)6;1-3-6-4(2)5/h2*3-4H2,1-2H3;2*3-4H2,1-2H3;3H2,1-2H3. The summed E-state index contributed by atoms with van der Waals surface area (Å²) in [6.45, 7) is 17.2. The van der Waals surface area contributed by atoms with Gasteiger partial charge in [0.25, 0.3) is 0 Å². The summed E-state index contributed by atoms with van der Waals surface area (Å²) in [6.07, 6.45) is 0. The molecule has 0 radical (unpaired) electrons. The van der Waals surface area contributed by atoms with Crippen molar-refractivity contribution in [2.75, 3.05) is 59.8 Å². The van der Waals surface area contributed by atoms with Crippen molar-refractivity contribution in [3.63, 3.8) is 0 Å². The van der Waals surface area contributed by atoms with Gasteiger partial charge in [-0.3, -0.25) is 24.0 Å². The molecule has 16 heteroatoms. The van der Waals surface area contributed by atoms with Crippen molar-refractivity contribution in [1.29, 1.82) is 0 Å². The molecule has 0 N–H and O–H groups in total. The van der Waals surface area contributed by atoms with Crippen molar-refractivity contribution in [2.45, 2.75) is 69.2 Å². The summed E-state index contributed by atoms with van der Waals surface area (Å²) in [4.78, 5) is 71.0. The normalized spacial score (nSPS) is 8.52. The summed E-state index contributed by atoms with van der Waals surface area (Å²) in [5.74, 6) is -2.81. The number of carbonyl (C=O) groups is 7. The molecule has 0 bridgehead atoms. The third-order valence-corrected chi connectivity index (χ3v) is 2.84. The van der Waals surface area contributed by atoms with Gasteiger partial charge in [0.2, 0.25) is 0 Å². The molecule has 0 aromatic rings. The van der Waals surface area contributed by atoms with Crippen LogP contribution in [0.5, 0.6) is 0 Å². The lowest BCUT2D eigenvalue weighted by Crippen LogP contribution is -2.14. The molecule has 0 aliphatic rings. The van der Waals surface area contributed by atoms with Crippen LogP contribution in [0.1, 0.15) is 69.2 Å². The van der Waals surface area contributed by atoms with E-state index in [1.807, 2.05) is 13.8 Å². The SMILES string of the molecule is CCOC(=O)COC(C)=O.CCOC(=O)COC(C)=O.CCOC(C)=O.CCOCOC(C)=O.CCOCOC(C)=O. The highest BCUT2D eigenvalue weighted by atomic mass is 16.7. The van der Waals surface area contributed by atoms with Crippen LogP contribution < -0.4 is 0 Å². The van der Waals surface area contributed by atoms with Crippen LogP contribution in [0.2, 0.25) is 0 Å². The van der Waals surface area contributed by atoms with E-state index >= 15 is 0 Å². The second-order valence-electron chi connectivity index (χ2n) is 6.59. The smallest absolute Gasteiger partial charge is 0.344 e. The number of esters is 7. The highest BCUT2D eigenvalue weighted by molar-refractivity contribution is 5.75. The zero-order valence-corrected chi connectivity index (χ0v) is 26.4. The molecular weight excluding hydrogens is 568 g/mol. The maximum Gasteiger partial charge on any atom is 0.344 e. The average Bonchev–Trinajstić information content (AvgIpc) is 2.88. The van der Waals surface area contributed by atoms with Gasteiger partial charge in [0.05, 0.1) is 19.8 Å². The van der Waals surface area contributed by atoms with Gasteiger partial charge in [-0.1, -0.05) is 0 Å². The first-order chi connectivity index (χ1) is 19.6. The van der Waals surface area contributed by atoms with E-state index in [1.165, 1.54) is 34.6 Å². The topological polar surface area (TPSA) is 203 Å². The van der Waals surface area contributed by atoms with Gasteiger partial charge in [0, 0.05) is 47.8 Å². The quantitative estimate of drug-likeness (QED) is 0.125. The number of carbonyl (C=O) groups excluding carboxylic acids is 7. The van der Waals surface area contributed by atoms with E-state index in [1.54, 1.807) is 20.8 Å². The first kappa shape index (κ1) is 48.0. The summed E-state index contributed by atoms with van der Waals surface area (Å²) >= 11 is 0. The molecule has 0 amide bonds. The van der Waals surface area contributed by atoms with E-state index in [-0.39, 0.29) is 44.7 Å². The Labute approximate surface area is 247 Å². The molecule has 0 aromatic heterocycles. The van der Waals surface area contributed by atoms with Crippen LogP contribution in [0.3, 0.4) is 0 Å². The molecule has 0 unspecified atom stereocenters. The van der Waals surface area contributed by atoms with Crippen LogP contribution in [-0.2, 0) is 76.2 Å². The van der Waals surface area contributed by atoms with Crippen LogP contribution in [0.25, 0.3) is 0 Å². The Morgan fingerprint density at radius 3 is 0.786 bits per heavy atom. The second kappa shape index (κ2) is 39.4. The van der Waals surface area contributed by atoms with Crippen molar-refractivity contribution in [1.82, 2.24) is 0 Å². The zero-order chi connectivity index (χ0) is 33.8. The van der Waals surface area contributed by atoms with Crippen LogP contribution >= 0.6 is 0 Å². The fourth-order valence-corrected chi connectivity index (χ4v) is 1.35. The molecule has 0 atom stereocenters. The van der Waals surface area contributed by atoms with Crippen LogP contribution in [0, 0.1) is 0 Å². The molecule has 42 heavy (non-hydrogen) atoms. The molecule has 0 saturated heterocycles. The maximum atomic E-state index is 10.4. The molecule has 0 aliphatic heterocycles. The number of hydrogen-bond donors (Lipinski definition) is 0. The molecule has 0 fully saturated rings. The first-order valence-corrected chi connectivity index (χ1v) is 12.8. The molecule has 0 saturated carbocycles. The fraction of sp³-hybridized carbons (Fsp3) is 0.731. The molecule has 0 spiro atoms. The van der Waals surface area contributed by atoms with E-state index < -0.39 is 23.9 Å². The number of ether oxygens (including phenoxy) is 9. The predicted octanol–water partition coefficient (Wildman–Crippen LogP) is 1.88. The van der Waals surface area contributed by atoms with E-state index in [9.17, 15) is 33.6 Å². The summed E-state index contributed by atoms with van der Waals surface area (Å²) in [6, 6.07) is 0. The van der Waals surface area contributed by atoms with Gasteiger partial charge in [-0.15, -0.1) is 0 Å². The maximum absolute atomic E-state index is 10.4. The minimum atomic E-state index is -0.516. The van der Waals surface area contributed by atoms with Gasteiger partial charge in [-0.05, 0) is 34.6 Å². The Bertz CT molecular complexity index is 669. The lowest BCUT2D eigenvalue weighted by molar-refractivity contribution is -0.157. The third-order valence-electron chi connectivity index (χ3n) is 2.84. The lowest BCUT2D eigenvalue weighted by atomic mass is 10.7.